The summed E-state index contributed by atoms with van der Waals surface area (Å²) in [5.41, 5.74) is 6.02. The van der Waals surface area contributed by atoms with Crippen LogP contribution < -0.4 is 5.73 Å². The molecule has 0 radical (unpaired) electrons. The molecule has 1 amide bonds. The number of aromatic nitrogens is 1. The molecule has 1 heterocycles. The van der Waals surface area contributed by atoms with E-state index < -0.39 is 5.91 Å². The Labute approximate surface area is 69.2 Å². The highest BCUT2D eigenvalue weighted by atomic mass is 35.5. The average molecular weight is 171 g/mol. The van der Waals surface area contributed by atoms with Gasteiger partial charge in [0.25, 0.3) is 5.91 Å². The second kappa shape index (κ2) is 2.88. The van der Waals surface area contributed by atoms with Crippen molar-refractivity contribution >= 4 is 17.5 Å². The normalized spacial score (nSPS) is 9.64. The Hall–Kier alpha value is -1.09. The molecule has 1 aromatic heterocycles. The zero-order valence-electron chi connectivity index (χ0n) is 5.97. The first-order chi connectivity index (χ1) is 5.11. The van der Waals surface area contributed by atoms with Crippen molar-refractivity contribution in [2.75, 3.05) is 0 Å². The smallest absolute Gasteiger partial charge is 0.250 e. The van der Waals surface area contributed by atoms with E-state index in [1.165, 1.54) is 12.3 Å². The lowest BCUT2D eigenvalue weighted by atomic mass is 10.2. The maximum atomic E-state index is 10.7. The fourth-order valence-corrected chi connectivity index (χ4v) is 0.915. The first-order valence-corrected chi connectivity index (χ1v) is 3.41. The van der Waals surface area contributed by atoms with Crippen LogP contribution in [0.5, 0.6) is 0 Å². The number of nitrogens with zero attached hydrogens (tertiary/aromatic N) is 1. The van der Waals surface area contributed by atoms with E-state index in [-0.39, 0.29) is 0 Å². The van der Waals surface area contributed by atoms with Crippen LogP contribution in [0.1, 0.15) is 16.1 Å². The van der Waals surface area contributed by atoms with Gasteiger partial charge in [-0.1, -0.05) is 11.6 Å². The van der Waals surface area contributed by atoms with Crippen LogP contribution in [0.4, 0.5) is 0 Å². The van der Waals surface area contributed by atoms with Crippen LogP contribution in [0, 0.1) is 6.92 Å². The number of nitrogens with two attached hydrogens (primary N) is 1. The molecule has 0 aliphatic heterocycles. The number of aryl methyl sites for hydroxylation is 1. The zero-order valence-corrected chi connectivity index (χ0v) is 6.72. The van der Waals surface area contributed by atoms with Gasteiger partial charge in [0.2, 0.25) is 0 Å². The third kappa shape index (κ3) is 1.68. The van der Waals surface area contributed by atoms with Crippen molar-refractivity contribution in [3.8, 4) is 0 Å². The SMILES string of the molecule is Cc1ncc(Cl)cc1C(N)=O. The predicted octanol–water partition coefficient (Wildman–Crippen LogP) is 1.14. The van der Waals surface area contributed by atoms with Crippen molar-refractivity contribution in [3.05, 3.63) is 28.5 Å². The first kappa shape index (κ1) is 8.01. The maximum Gasteiger partial charge on any atom is 0.250 e. The number of pyridine rings is 1. The second-order valence-corrected chi connectivity index (χ2v) is 2.59. The van der Waals surface area contributed by atoms with Crippen molar-refractivity contribution < 1.29 is 4.79 Å². The van der Waals surface area contributed by atoms with Gasteiger partial charge in [-0.25, -0.2) is 0 Å². The minimum absolute atomic E-state index is 0.373. The van der Waals surface area contributed by atoms with E-state index in [4.69, 9.17) is 17.3 Å². The maximum absolute atomic E-state index is 10.7. The quantitative estimate of drug-likeness (QED) is 0.687. The molecule has 2 N–H and O–H groups in total. The molecule has 0 spiro atoms. The van der Waals surface area contributed by atoms with Crippen molar-refractivity contribution in [1.29, 1.82) is 0 Å². The summed E-state index contributed by atoms with van der Waals surface area (Å²) in [7, 11) is 0. The van der Waals surface area contributed by atoms with Gasteiger partial charge in [-0.05, 0) is 13.0 Å². The molecule has 0 aliphatic rings. The lowest BCUT2D eigenvalue weighted by Crippen LogP contribution is -2.13. The third-order valence-electron chi connectivity index (χ3n) is 1.32. The minimum atomic E-state index is -0.502. The van der Waals surface area contributed by atoms with Crippen LogP contribution >= 0.6 is 11.6 Å². The zero-order chi connectivity index (χ0) is 8.43. The van der Waals surface area contributed by atoms with E-state index in [0.29, 0.717) is 16.3 Å². The highest BCUT2D eigenvalue weighted by Crippen LogP contribution is 2.11. The highest BCUT2D eigenvalue weighted by Gasteiger charge is 2.05. The summed E-state index contributed by atoms with van der Waals surface area (Å²) >= 11 is 5.59. The molecule has 4 heteroatoms. The summed E-state index contributed by atoms with van der Waals surface area (Å²) in [5, 5.41) is 0.421. The van der Waals surface area contributed by atoms with Gasteiger partial charge in [0.1, 0.15) is 0 Å². The lowest BCUT2D eigenvalue weighted by Gasteiger charge is -1.99. The number of hydrogen-bond acceptors (Lipinski definition) is 2. The third-order valence-corrected chi connectivity index (χ3v) is 1.53. The molecular weight excluding hydrogens is 164 g/mol. The van der Waals surface area contributed by atoms with E-state index in [0.717, 1.165) is 0 Å². The van der Waals surface area contributed by atoms with E-state index in [1.54, 1.807) is 6.92 Å². The summed E-state index contributed by atoms with van der Waals surface area (Å²) in [5.74, 6) is -0.502. The number of hydrogen-bond donors (Lipinski definition) is 1. The molecule has 1 rings (SSSR count). The van der Waals surface area contributed by atoms with E-state index in [9.17, 15) is 4.79 Å². The molecule has 0 saturated carbocycles. The largest absolute Gasteiger partial charge is 0.366 e. The monoisotopic (exact) mass is 170 g/mol. The molecule has 0 saturated heterocycles. The van der Waals surface area contributed by atoms with Gasteiger partial charge in [-0.15, -0.1) is 0 Å². The standard InChI is InChI=1S/C7H7ClN2O/c1-4-6(7(9)11)2-5(8)3-10-4/h2-3H,1H3,(H2,9,11). The first-order valence-electron chi connectivity index (χ1n) is 3.03. The van der Waals surface area contributed by atoms with Crippen LogP contribution in [-0.2, 0) is 0 Å². The van der Waals surface area contributed by atoms with Gasteiger partial charge in [0.05, 0.1) is 16.3 Å². The van der Waals surface area contributed by atoms with Gasteiger partial charge < -0.3 is 5.73 Å². The number of rotatable bonds is 1. The number of carbonyl (C=O) groups is 1. The number of halogens is 1. The molecule has 0 aliphatic carbocycles. The predicted molar refractivity (Wildman–Crippen MR) is 42.5 cm³/mol. The summed E-state index contributed by atoms with van der Waals surface area (Å²) in [6.07, 6.45) is 1.48. The second-order valence-electron chi connectivity index (χ2n) is 2.15. The number of amides is 1. The summed E-state index contributed by atoms with van der Waals surface area (Å²) < 4.78 is 0. The van der Waals surface area contributed by atoms with Crippen LogP contribution in [0.25, 0.3) is 0 Å². The van der Waals surface area contributed by atoms with Crippen molar-refractivity contribution in [2.45, 2.75) is 6.92 Å². The van der Waals surface area contributed by atoms with Crippen LogP contribution in [0.15, 0.2) is 12.3 Å². The van der Waals surface area contributed by atoms with Crippen molar-refractivity contribution in [1.82, 2.24) is 4.98 Å². The molecule has 0 bridgehead atoms. The Morgan fingerprint density at radius 1 is 1.73 bits per heavy atom. The topological polar surface area (TPSA) is 56.0 Å². The van der Waals surface area contributed by atoms with Crippen LogP contribution in [-0.4, -0.2) is 10.9 Å². The molecule has 1 aromatic rings. The fraction of sp³-hybridized carbons (Fsp3) is 0.143. The number of carbonyl (C=O) groups excluding carboxylic acids is 1. The summed E-state index contributed by atoms with van der Waals surface area (Å²) in [4.78, 5) is 14.6. The molecular formula is C7H7ClN2O. The molecule has 0 fully saturated rings. The van der Waals surface area contributed by atoms with Crippen molar-refractivity contribution in [2.24, 2.45) is 5.73 Å². The van der Waals surface area contributed by atoms with E-state index in [2.05, 4.69) is 4.98 Å². The van der Waals surface area contributed by atoms with Crippen LogP contribution in [0.2, 0.25) is 5.02 Å². The average Bonchev–Trinajstić information content (AvgIpc) is 1.94. The van der Waals surface area contributed by atoms with Crippen molar-refractivity contribution in [3.63, 3.8) is 0 Å². The van der Waals surface area contributed by atoms with Gasteiger partial charge in [-0.3, -0.25) is 9.78 Å². The molecule has 0 unspecified atom stereocenters. The van der Waals surface area contributed by atoms with Gasteiger partial charge in [0, 0.05) is 6.20 Å². The lowest BCUT2D eigenvalue weighted by molar-refractivity contribution is 0.0999. The Bertz CT molecular complexity index is 298. The van der Waals surface area contributed by atoms with E-state index >= 15 is 0 Å². The highest BCUT2D eigenvalue weighted by molar-refractivity contribution is 6.30. The summed E-state index contributed by atoms with van der Waals surface area (Å²) in [6, 6.07) is 1.51. The molecule has 0 aromatic carbocycles. The van der Waals surface area contributed by atoms with Crippen LogP contribution in [0.3, 0.4) is 0 Å². The Kier molecular flexibility index (Phi) is 2.10. The molecule has 11 heavy (non-hydrogen) atoms. The van der Waals surface area contributed by atoms with Gasteiger partial charge in [0.15, 0.2) is 0 Å². The fourth-order valence-electron chi connectivity index (χ4n) is 0.757. The minimum Gasteiger partial charge on any atom is -0.366 e. The van der Waals surface area contributed by atoms with E-state index in [1.807, 2.05) is 0 Å². The Morgan fingerprint density at radius 2 is 2.36 bits per heavy atom. The summed E-state index contributed by atoms with van der Waals surface area (Å²) in [6.45, 7) is 1.70. The molecule has 58 valence electrons. The van der Waals surface area contributed by atoms with Gasteiger partial charge >= 0.3 is 0 Å². The molecule has 3 nitrogen and oxygen atoms in total. The Morgan fingerprint density at radius 3 is 2.82 bits per heavy atom. The van der Waals surface area contributed by atoms with Gasteiger partial charge in [-0.2, -0.15) is 0 Å². The Balaban J connectivity index is 3.23. The molecule has 0 atom stereocenters. The number of primary amides is 1.